The fraction of sp³-hybridized carbons (Fsp3) is 0.269. The number of aromatic nitrogens is 3. The fourth-order valence-corrected chi connectivity index (χ4v) is 4.30. The number of hydrogen-bond acceptors (Lipinski definition) is 6. The van der Waals surface area contributed by atoms with E-state index in [1.807, 2.05) is 20.8 Å². The van der Waals surface area contributed by atoms with Gasteiger partial charge in [-0.1, -0.05) is 6.07 Å². The standard InChI is InChI=1S/C26H26F2N4O4S/c1-26(2,3)32-15-17(14-30-32)31-24(33)12-16-5-8-22(20(11-16)25(27)28)36-23-9-10-29-21-7-6-18(13-19(21)23)37(4,34)35/h5-11,13-15,25H,12H2,1-4H3,(H,31,33). The maximum Gasteiger partial charge on any atom is 0.267 e. The lowest BCUT2D eigenvalue weighted by Crippen LogP contribution is -2.22. The smallest absolute Gasteiger partial charge is 0.267 e. The molecule has 0 saturated carbocycles. The number of pyridine rings is 1. The number of halogens is 2. The summed E-state index contributed by atoms with van der Waals surface area (Å²) in [6, 6.07) is 9.95. The summed E-state index contributed by atoms with van der Waals surface area (Å²) in [6.45, 7) is 5.92. The Bertz CT molecular complexity index is 1580. The molecule has 0 saturated heterocycles. The molecule has 11 heteroatoms. The van der Waals surface area contributed by atoms with Gasteiger partial charge in [-0.25, -0.2) is 17.2 Å². The molecule has 0 radical (unpaired) electrons. The van der Waals surface area contributed by atoms with Crippen LogP contribution < -0.4 is 10.1 Å². The number of carbonyl (C=O) groups is 1. The van der Waals surface area contributed by atoms with Crippen LogP contribution in [0, 0.1) is 0 Å². The van der Waals surface area contributed by atoms with Gasteiger partial charge >= 0.3 is 0 Å². The average Bonchev–Trinajstić information content (AvgIpc) is 3.28. The van der Waals surface area contributed by atoms with Crippen LogP contribution in [0.5, 0.6) is 11.5 Å². The van der Waals surface area contributed by atoms with E-state index in [4.69, 9.17) is 4.74 Å². The number of carbonyl (C=O) groups excluding carboxylic acids is 1. The zero-order valence-corrected chi connectivity index (χ0v) is 21.5. The normalized spacial score (nSPS) is 12.2. The van der Waals surface area contributed by atoms with E-state index in [1.165, 1.54) is 54.9 Å². The summed E-state index contributed by atoms with van der Waals surface area (Å²) >= 11 is 0. The molecule has 0 fully saturated rings. The van der Waals surface area contributed by atoms with Gasteiger partial charge in [0.05, 0.1) is 39.8 Å². The highest BCUT2D eigenvalue weighted by Gasteiger charge is 2.19. The van der Waals surface area contributed by atoms with E-state index in [2.05, 4.69) is 15.4 Å². The topological polar surface area (TPSA) is 103 Å². The number of rotatable bonds is 7. The number of amides is 1. The number of alkyl halides is 2. The van der Waals surface area contributed by atoms with Gasteiger partial charge in [-0.15, -0.1) is 0 Å². The van der Waals surface area contributed by atoms with Crippen LogP contribution in [-0.2, 0) is 26.6 Å². The van der Waals surface area contributed by atoms with Gasteiger partial charge in [0, 0.05) is 24.0 Å². The van der Waals surface area contributed by atoms with Crippen LogP contribution in [0.1, 0.15) is 38.3 Å². The van der Waals surface area contributed by atoms with Gasteiger partial charge in [-0.05, 0) is 62.7 Å². The zero-order chi connectivity index (χ0) is 27.0. The summed E-state index contributed by atoms with van der Waals surface area (Å²) in [4.78, 5) is 16.8. The van der Waals surface area contributed by atoms with Gasteiger partial charge in [0.1, 0.15) is 11.5 Å². The third-order valence-electron chi connectivity index (χ3n) is 5.55. The van der Waals surface area contributed by atoms with Crippen molar-refractivity contribution in [2.75, 3.05) is 11.6 Å². The molecule has 0 bridgehead atoms. The molecular formula is C26H26F2N4O4S. The molecule has 0 aliphatic heterocycles. The third-order valence-corrected chi connectivity index (χ3v) is 6.66. The van der Waals surface area contributed by atoms with Crippen molar-refractivity contribution in [1.29, 1.82) is 0 Å². The highest BCUT2D eigenvalue weighted by atomic mass is 32.2. The molecular weight excluding hydrogens is 502 g/mol. The second-order valence-electron chi connectivity index (χ2n) is 9.60. The predicted octanol–water partition coefficient (Wildman–Crippen LogP) is 5.50. The molecule has 2 aromatic carbocycles. The Balaban J connectivity index is 1.57. The van der Waals surface area contributed by atoms with E-state index >= 15 is 0 Å². The second kappa shape index (κ2) is 9.89. The van der Waals surface area contributed by atoms with E-state index in [-0.39, 0.29) is 34.3 Å². The highest BCUT2D eigenvalue weighted by Crippen LogP contribution is 2.36. The van der Waals surface area contributed by atoms with Crippen LogP contribution in [0.25, 0.3) is 10.9 Å². The van der Waals surface area contributed by atoms with Crippen molar-refractivity contribution in [3.05, 3.63) is 72.2 Å². The third kappa shape index (κ3) is 6.11. The van der Waals surface area contributed by atoms with Gasteiger partial charge < -0.3 is 10.1 Å². The lowest BCUT2D eigenvalue weighted by atomic mass is 10.1. The fourth-order valence-electron chi connectivity index (χ4n) is 3.65. The minimum absolute atomic E-state index is 0.0568. The summed E-state index contributed by atoms with van der Waals surface area (Å²) in [7, 11) is -3.50. The average molecular weight is 529 g/mol. The summed E-state index contributed by atoms with van der Waals surface area (Å²) in [6.07, 6.45) is 2.75. The Morgan fingerprint density at radius 3 is 2.51 bits per heavy atom. The minimum atomic E-state index is -3.50. The van der Waals surface area contributed by atoms with Crippen molar-refractivity contribution in [1.82, 2.24) is 14.8 Å². The van der Waals surface area contributed by atoms with Crippen LogP contribution in [0.4, 0.5) is 14.5 Å². The first-order valence-corrected chi connectivity index (χ1v) is 13.2. The molecule has 0 aliphatic carbocycles. The molecule has 2 heterocycles. The first kappa shape index (κ1) is 26.2. The summed E-state index contributed by atoms with van der Waals surface area (Å²) < 4.78 is 59.4. The quantitative estimate of drug-likeness (QED) is 0.340. The molecule has 0 unspecified atom stereocenters. The van der Waals surface area contributed by atoms with Gasteiger partial charge in [0.15, 0.2) is 9.84 Å². The van der Waals surface area contributed by atoms with Crippen molar-refractivity contribution in [3.8, 4) is 11.5 Å². The monoisotopic (exact) mass is 528 g/mol. The molecule has 37 heavy (non-hydrogen) atoms. The van der Waals surface area contributed by atoms with E-state index in [1.54, 1.807) is 10.9 Å². The molecule has 0 atom stereocenters. The SMILES string of the molecule is CC(C)(C)n1cc(NC(=O)Cc2ccc(Oc3ccnc4ccc(S(C)(=O)=O)cc34)c(C(F)F)c2)cn1. The Labute approximate surface area is 213 Å². The van der Waals surface area contributed by atoms with Crippen LogP contribution in [0.2, 0.25) is 0 Å². The van der Waals surface area contributed by atoms with Gasteiger partial charge in [0.2, 0.25) is 5.91 Å². The van der Waals surface area contributed by atoms with Crippen LogP contribution >= 0.6 is 0 Å². The Morgan fingerprint density at radius 2 is 1.86 bits per heavy atom. The van der Waals surface area contributed by atoms with Crippen molar-refractivity contribution in [2.45, 2.75) is 44.1 Å². The number of benzene rings is 2. The van der Waals surface area contributed by atoms with Gasteiger partial charge in [0.25, 0.3) is 6.43 Å². The molecule has 0 aliphatic rings. The second-order valence-corrected chi connectivity index (χ2v) is 11.6. The molecule has 2 aromatic heterocycles. The van der Waals surface area contributed by atoms with E-state index in [9.17, 15) is 22.0 Å². The van der Waals surface area contributed by atoms with Crippen LogP contribution in [0.3, 0.4) is 0 Å². The number of fused-ring (bicyclic) bond motifs is 1. The molecule has 1 amide bonds. The number of sulfone groups is 1. The first-order valence-electron chi connectivity index (χ1n) is 11.3. The maximum absolute atomic E-state index is 14.0. The molecule has 4 aromatic rings. The number of ether oxygens (including phenoxy) is 1. The minimum Gasteiger partial charge on any atom is -0.456 e. The number of nitrogens with one attached hydrogen (secondary N) is 1. The Hall–Kier alpha value is -3.86. The summed E-state index contributed by atoms with van der Waals surface area (Å²) in [5, 5.41) is 7.32. The van der Waals surface area contributed by atoms with Crippen LogP contribution in [-0.4, -0.2) is 35.3 Å². The van der Waals surface area contributed by atoms with E-state index in [0.29, 0.717) is 22.2 Å². The van der Waals surface area contributed by atoms with Crippen molar-refractivity contribution < 1.29 is 26.7 Å². The van der Waals surface area contributed by atoms with Crippen molar-refractivity contribution in [3.63, 3.8) is 0 Å². The van der Waals surface area contributed by atoms with Crippen molar-refractivity contribution >= 4 is 32.3 Å². The van der Waals surface area contributed by atoms with E-state index in [0.717, 1.165) is 6.26 Å². The largest absolute Gasteiger partial charge is 0.456 e. The van der Waals surface area contributed by atoms with Crippen LogP contribution in [0.15, 0.2) is 66.0 Å². The van der Waals surface area contributed by atoms with E-state index < -0.39 is 21.8 Å². The Morgan fingerprint density at radius 1 is 1.11 bits per heavy atom. The number of nitrogens with zero attached hydrogens (tertiary/aromatic N) is 3. The number of hydrogen-bond donors (Lipinski definition) is 1. The maximum atomic E-state index is 14.0. The lowest BCUT2D eigenvalue weighted by Gasteiger charge is -2.18. The summed E-state index contributed by atoms with van der Waals surface area (Å²) in [5.74, 6) is -0.308. The van der Waals surface area contributed by atoms with Crippen molar-refractivity contribution in [2.24, 2.45) is 0 Å². The lowest BCUT2D eigenvalue weighted by molar-refractivity contribution is -0.115. The van der Waals surface area contributed by atoms with Gasteiger partial charge in [-0.2, -0.15) is 5.10 Å². The first-order chi connectivity index (χ1) is 17.3. The zero-order valence-electron chi connectivity index (χ0n) is 20.7. The molecule has 194 valence electrons. The predicted molar refractivity (Wildman–Crippen MR) is 136 cm³/mol. The summed E-state index contributed by atoms with van der Waals surface area (Å²) in [5.41, 5.74) is 0.688. The molecule has 1 N–H and O–H groups in total. The van der Waals surface area contributed by atoms with Gasteiger partial charge in [-0.3, -0.25) is 14.5 Å². The Kier molecular flexibility index (Phi) is 7.00. The molecule has 8 nitrogen and oxygen atoms in total. The molecule has 0 spiro atoms. The highest BCUT2D eigenvalue weighted by molar-refractivity contribution is 7.90. The molecule has 4 rings (SSSR count). The number of anilines is 1.